The van der Waals surface area contributed by atoms with E-state index in [1.54, 1.807) is 12.1 Å². The minimum atomic E-state index is -4.54. The van der Waals surface area contributed by atoms with Crippen LogP contribution in [0.3, 0.4) is 0 Å². The van der Waals surface area contributed by atoms with Gasteiger partial charge in [0.15, 0.2) is 0 Å². The second-order valence-electron chi connectivity index (χ2n) is 6.83. The highest BCUT2D eigenvalue weighted by Crippen LogP contribution is 2.28. The normalized spacial score (nSPS) is 16.8. The van der Waals surface area contributed by atoms with E-state index < -0.39 is 29.7 Å². The molecule has 7 nitrogen and oxygen atoms in total. The highest BCUT2D eigenvalue weighted by molar-refractivity contribution is 6.04. The maximum atomic E-state index is 14.5. The number of hydrogen-bond donors (Lipinski definition) is 2. The second-order valence-corrected chi connectivity index (χ2v) is 6.83. The van der Waals surface area contributed by atoms with Gasteiger partial charge in [0.1, 0.15) is 11.5 Å². The quantitative estimate of drug-likeness (QED) is 0.615. The Hall–Kier alpha value is -3.31. The van der Waals surface area contributed by atoms with Crippen molar-refractivity contribution in [2.75, 3.05) is 25.0 Å². The Kier molecular flexibility index (Phi) is 5.70. The molecule has 1 saturated heterocycles. The molecule has 2 aromatic heterocycles. The van der Waals surface area contributed by atoms with E-state index in [-0.39, 0.29) is 16.9 Å². The predicted molar refractivity (Wildman–Crippen MR) is 102 cm³/mol. The standard InChI is InChI=1S/C20H17F4N5O2/c21-16-7-13(1-3-15(16)17-10-25-5-6-31-17)28-19(30)12-8-27-29(11-12)14-2-4-18(26-9-14)20(22,23)24/h1-4,7-9,11,17,25H,5-6,10H2,(H,28,30)/t17-/m1/s1. The van der Waals surface area contributed by atoms with Crippen LogP contribution in [-0.2, 0) is 10.9 Å². The van der Waals surface area contributed by atoms with E-state index in [9.17, 15) is 22.4 Å². The van der Waals surface area contributed by atoms with Crippen LogP contribution < -0.4 is 10.6 Å². The Bertz CT molecular complexity index is 1080. The molecule has 11 heteroatoms. The molecule has 0 aliphatic carbocycles. The largest absolute Gasteiger partial charge is 0.433 e. The third-order valence-electron chi connectivity index (χ3n) is 4.68. The molecule has 0 bridgehead atoms. The molecule has 1 amide bonds. The Labute approximate surface area is 174 Å². The highest BCUT2D eigenvalue weighted by atomic mass is 19.4. The van der Waals surface area contributed by atoms with E-state index in [4.69, 9.17) is 4.74 Å². The van der Waals surface area contributed by atoms with Crippen molar-refractivity contribution in [3.05, 3.63) is 71.6 Å². The van der Waals surface area contributed by atoms with Gasteiger partial charge in [0.05, 0.1) is 36.4 Å². The van der Waals surface area contributed by atoms with Gasteiger partial charge >= 0.3 is 6.18 Å². The number of nitrogens with zero attached hydrogens (tertiary/aromatic N) is 3. The number of carbonyl (C=O) groups is 1. The Morgan fingerprint density at radius 2 is 2.06 bits per heavy atom. The molecule has 3 aromatic rings. The molecule has 31 heavy (non-hydrogen) atoms. The molecular weight excluding hydrogens is 418 g/mol. The van der Waals surface area contributed by atoms with E-state index in [0.29, 0.717) is 25.3 Å². The summed E-state index contributed by atoms with van der Waals surface area (Å²) in [6.45, 7) is 1.70. The van der Waals surface area contributed by atoms with E-state index in [2.05, 4.69) is 20.7 Å². The zero-order valence-electron chi connectivity index (χ0n) is 16.0. The lowest BCUT2D eigenvalue weighted by Gasteiger charge is -2.24. The highest BCUT2D eigenvalue weighted by Gasteiger charge is 2.32. The third kappa shape index (κ3) is 4.72. The van der Waals surface area contributed by atoms with Crippen LogP contribution in [0.25, 0.3) is 5.69 Å². The van der Waals surface area contributed by atoms with Gasteiger partial charge in [-0.05, 0) is 24.3 Å². The number of benzene rings is 1. The molecule has 0 radical (unpaired) electrons. The first-order valence-corrected chi connectivity index (χ1v) is 9.33. The molecule has 1 fully saturated rings. The van der Waals surface area contributed by atoms with Crippen molar-refractivity contribution < 1.29 is 27.1 Å². The number of pyridine rings is 1. The minimum Gasteiger partial charge on any atom is -0.371 e. The summed E-state index contributed by atoms with van der Waals surface area (Å²) in [5, 5.41) is 9.66. The molecule has 4 rings (SSSR count). The number of carbonyl (C=O) groups excluding carboxylic acids is 1. The van der Waals surface area contributed by atoms with E-state index in [1.165, 1.54) is 29.2 Å². The number of hydrogen-bond acceptors (Lipinski definition) is 5. The first-order chi connectivity index (χ1) is 14.8. The lowest BCUT2D eigenvalue weighted by molar-refractivity contribution is -0.141. The number of amides is 1. The number of rotatable bonds is 4. The Morgan fingerprint density at radius 1 is 1.23 bits per heavy atom. The van der Waals surface area contributed by atoms with Crippen molar-refractivity contribution in [2.45, 2.75) is 12.3 Å². The number of ether oxygens (including phenoxy) is 1. The molecule has 2 N–H and O–H groups in total. The summed E-state index contributed by atoms with van der Waals surface area (Å²) in [5.74, 6) is -1.05. The fourth-order valence-electron chi connectivity index (χ4n) is 3.10. The van der Waals surface area contributed by atoms with Crippen molar-refractivity contribution in [3.8, 4) is 5.69 Å². The van der Waals surface area contributed by atoms with Crippen molar-refractivity contribution in [1.29, 1.82) is 0 Å². The van der Waals surface area contributed by atoms with E-state index >= 15 is 0 Å². The van der Waals surface area contributed by atoms with Crippen molar-refractivity contribution in [1.82, 2.24) is 20.1 Å². The zero-order valence-corrected chi connectivity index (χ0v) is 16.0. The number of anilines is 1. The SMILES string of the molecule is O=C(Nc1ccc([C@H]2CNCCO2)c(F)c1)c1cnn(-c2ccc(C(F)(F)F)nc2)c1. The van der Waals surface area contributed by atoms with Crippen LogP contribution in [0.15, 0.2) is 48.9 Å². The molecule has 162 valence electrons. The molecule has 0 unspecified atom stereocenters. The van der Waals surface area contributed by atoms with Crippen LogP contribution in [0.2, 0.25) is 0 Å². The van der Waals surface area contributed by atoms with Crippen molar-refractivity contribution in [2.24, 2.45) is 0 Å². The smallest absolute Gasteiger partial charge is 0.371 e. The number of morpholine rings is 1. The van der Waals surface area contributed by atoms with Gasteiger partial charge in [0.25, 0.3) is 5.91 Å². The first kappa shape index (κ1) is 20.9. The summed E-state index contributed by atoms with van der Waals surface area (Å²) in [4.78, 5) is 15.8. The van der Waals surface area contributed by atoms with Crippen LogP contribution in [-0.4, -0.2) is 40.4 Å². The maximum absolute atomic E-state index is 14.5. The molecule has 0 saturated carbocycles. The van der Waals surface area contributed by atoms with E-state index in [0.717, 1.165) is 12.3 Å². The van der Waals surface area contributed by atoms with Gasteiger partial charge in [-0.2, -0.15) is 18.3 Å². The van der Waals surface area contributed by atoms with Gasteiger partial charge in [-0.1, -0.05) is 6.07 Å². The Morgan fingerprint density at radius 3 is 2.71 bits per heavy atom. The van der Waals surface area contributed by atoms with Gasteiger partial charge in [0.2, 0.25) is 0 Å². The number of aromatic nitrogens is 3. The second kappa shape index (κ2) is 8.44. The summed E-state index contributed by atoms with van der Waals surface area (Å²) in [7, 11) is 0. The molecule has 1 atom stereocenters. The monoisotopic (exact) mass is 435 g/mol. The average Bonchev–Trinajstić information content (AvgIpc) is 3.24. The van der Waals surface area contributed by atoms with Crippen molar-refractivity contribution >= 4 is 11.6 Å². The third-order valence-corrected chi connectivity index (χ3v) is 4.68. The summed E-state index contributed by atoms with van der Waals surface area (Å²) in [6, 6.07) is 6.35. The van der Waals surface area contributed by atoms with Gasteiger partial charge in [-0.3, -0.25) is 4.79 Å². The maximum Gasteiger partial charge on any atom is 0.433 e. The summed E-state index contributed by atoms with van der Waals surface area (Å²) in [6.07, 6.45) is -1.34. The molecule has 1 aliphatic rings. The zero-order chi connectivity index (χ0) is 22.0. The average molecular weight is 435 g/mol. The fraction of sp³-hybridized carbons (Fsp3) is 0.250. The van der Waals surface area contributed by atoms with Gasteiger partial charge in [-0.15, -0.1) is 0 Å². The van der Waals surface area contributed by atoms with Gasteiger partial charge in [-0.25, -0.2) is 14.1 Å². The summed E-state index contributed by atoms with van der Waals surface area (Å²) >= 11 is 0. The predicted octanol–water partition coefficient (Wildman–Crippen LogP) is 3.34. The number of nitrogens with one attached hydrogen (secondary N) is 2. The lowest BCUT2D eigenvalue weighted by Crippen LogP contribution is -2.33. The van der Waals surface area contributed by atoms with Gasteiger partial charge < -0.3 is 15.4 Å². The number of halogens is 4. The first-order valence-electron chi connectivity index (χ1n) is 9.33. The minimum absolute atomic E-state index is 0.143. The van der Waals surface area contributed by atoms with Crippen LogP contribution in [0.1, 0.15) is 27.7 Å². The molecule has 3 heterocycles. The molecular formula is C20H17F4N5O2. The molecule has 1 aromatic carbocycles. The topological polar surface area (TPSA) is 81.1 Å². The van der Waals surface area contributed by atoms with Crippen molar-refractivity contribution in [3.63, 3.8) is 0 Å². The summed E-state index contributed by atoms with van der Waals surface area (Å²) < 4.78 is 59.1. The summed E-state index contributed by atoms with van der Waals surface area (Å²) in [5.41, 5.74) is 0.0146. The molecule has 0 spiro atoms. The lowest BCUT2D eigenvalue weighted by atomic mass is 10.1. The van der Waals surface area contributed by atoms with E-state index in [1.807, 2.05) is 0 Å². The van der Waals surface area contributed by atoms with Crippen LogP contribution >= 0.6 is 0 Å². The molecule has 1 aliphatic heterocycles. The van der Waals surface area contributed by atoms with Crippen LogP contribution in [0, 0.1) is 5.82 Å². The van der Waals surface area contributed by atoms with Gasteiger partial charge in [0, 0.05) is 30.5 Å². The fourth-order valence-corrected chi connectivity index (χ4v) is 3.10. The number of alkyl halides is 3. The Balaban J connectivity index is 1.45. The van der Waals surface area contributed by atoms with Crippen LogP contribution in [0.5, 0.6) is 0 Å². The van der Waals surface area contributed by atoms with Crippen LogP contribution in [0.4, 0.5) is 23.2 Å².